The highest BCUT2D eigenvalue weighted by Crippen LogP contribution is 2.39. The zero-order valence-electron chi connectivity index (χ0n) is 11.4. The molecule has 8 heteroatoms. The number of rotatable bonds is 3. The van der Waals surface area contributed by atoms with Crippen LogP contribution >= 0.6 is 0 Å². The van der Waals surface area contributed by atoms with Gasteiger partial charge in [-0.3, -0.25) is 14.7 Å². The van der Waals surface area contributed by atoms with Crippen LogP contribution in [0.15, 0.2) is 23.3 Å². The van der Waals surface area contributed by atoms with E-state index in [9.17, 15) is 14.9 Å². The first-order valence-electron chi connectivity index (χ1n) is 6.40. The first kappa shape index (κ1) is 13.2. The number of hydrogen-bond donors (Lipinski definition) is 0. The Balaban J connectivity index is 2.13. The van der Waals surface area contributed by atoms with Gasteiger partial charge in [-0.05, 0) is 26.0 Å². The van der Waals surface area contributed by atoms with Gasteiger partial charge >= 0.3 is 12.1 Å². The van der Waals surface area contributed by atoms with E-state index < -0.39 is 17.1 Å². The second kappa shape index (κ2) is 4.65. The van der Waals surface area contributed by atoms with E-state index in [2.05, 4.69) is 9.98 Å². The molecule has 8 nitrogen and oxygen atoms in total. The van der Waals surface area contributed by atoms with Crippen LogP contribution in [0, 0.1) is 10.1 Å². The Morgan fingerprint density at radius 3 is 3.00 bits per heavy atom. The van der Waals surface area contributed by atoms with Crippen molar-refractivity contribution in [3.05, 3.63) is 34.1 Å². The minimum Gasteiger partial charge on any atom is -0.461 e. The van der Waals surface area contributed by atoms with E-state index in [1.54, 1.807) is 32.2 Å². The van der Waals surface area contributed by atoms with Gasteiger partial charge in [-0.15, -0.1) is 0 Å². The summed E-state index contributed by atoms with van der Waals surface area (Å²) in [4.78, 5) is 30.9. The number of ether oxygens (including phenoxy) is 1. The number of nitro groups is 1. The lowest BCUT2D eigenvalue weighted by molar-refractivity contribution is -0.525. The molecule has 0 aromatic rings. The molecule has 3 rings (SSSR count). The lowest BCUT2D eigenvalue weighted by atomic mass is 10.2. The molecule has 0 radical (unpaired) electrons. The Bertz CT molecular complexity index is 749. The highest BCUT2D eigenvalue weighted by atomic mass is 16.6. The van der Waals surface area contributed by atoms with Gasteiger partial charge in [-0.1, -0.05) is 0 Å². The van der Waals surface area contributed by atoms with E-state index in [-0.39, 0.29) is 12.3 Å². The molecule has 3 heterocycles. The fourth-order valence-electron chi connectivity index (χ4n) is 2.40. The number of esters is 1. The summed E-state index contributed by atoms with van der Waals surface area (Å²) in [6.45, 7) is 3.58. The lowest BCUT2D eigenvalue weighted by Crippen LogP contribution is -2.21. The molecule has 21 heavy (non-hydrogen) atoms. The van der Waals surface area contributed by atoms with Crippen molar-refractivity contribution in [1.82, 2.24) is 9.55 Å². The molecule has 0 aliphatic carbocycles. The van der Waals surface area contributed by atoms with Gasteiger partial charge < -0.3 is 4.74 Å². The molecule has 3 aliphatic rings. The standard InChI is InChI=1S/C13H12N4O4/c1-3-21-13(18)10-6-8-9(15-10)4-5-16-11(8)14-7(2)12(16)17(19)20/h4-6,12H,3H2,1-2H3. The number of pyridine rings is 1. The van der Waals surface area contributed by atoms with Gasteiger partial charge in [-0.2, -0.15) is 0 Å². The SMILES string of the molecule is CCOC(=O)c1cc2c3n(ccc-2n1)C([N+](=O)[O-])C(C)=N3. The number of nitrogens with zero attached hydrogens (tertiary/aromatic N) is 4. The van der Waals surface area contributed by atoms with Crippen molar-refractivity contribution in [2.24, 2.45) is 4.99 Å². The molecule has 0 aromatic heterocycles. The van der Waals surface area contributed by atoms with Crippen LogP contribution in [0.1, 0.15) is 30.5 Å². The van der Waals surface area contributed by atoms with Crippen molar-refractivity contribution < 1.29 is 14.5 Å². The molecular weight excluding hydrogens is 276 g/mol. The first-order chi connectivity index (χ1) is 10.0. The van der Waals surface area contributed by atoms with Crippen LogP contribution in [0.4, 0.5) is 5.82 Å². The molecule has 108 valence electrons. The average Bonchev–Trinajstić information content (AvgIpc) is 2.98. The second-order valence-electron chi connectivity index (χ2n) is 4.62. The fraction of sp³-hybridized carbons (Fsp3) is 0.308. The van der Waals surface area contributed by atoms with Crippen LogP contribution < -0.4 is 0 Å². The van der Waals surface area contributed by atoms with Crippen molar-refractivity contribution in [3.8, 4) is 11.3 Å². The summed E-state index contributed by atoms with van der Waals surface area (Å²) in [5, 5.41) is 11.1. The largest absolute Gasteiger partial charge is 0.461 e. The van der Waals surface area contributed by atoms with Crippen molar-refractivity contribution in [3.63, 3.8) is 0 Å². The quantitative estimate of drug-likeness (QED) is 0.489. The van der Waals surface area contributed by atoms with Crippen LogP contribution in [0.2, 0.25) is 0 Å². The Morgan fingerprint density at radius 1 is 1.57 bits per heavy atom. The van der Waals surface area contributed by atoms with E-state index >= 15 is 0 Å². The molecular formula is C13H12N4O4. The van der Waals surface area contributed by atoms with Gasteiger partial charge in [0.1, 0.15) is 17.2 Å². The highest BCUT2D eigenvalue weighted by Gasteiger charge is 2.35. The van der Waals surface area contributed by atoms with E-state index in [0.717, 1.165) is 0 Å². The fourth-order valence-corrected chi connectivity index (χ4v) is 2.40. The third-order valence-electron chi connectivity index (χ3n) is 3.28. The molecule has 0 amide bonds. The maximum absolute atomic E-state index is 11.7. The summed E-state index contributed by atoms with van der Waals surface area (Å²) in [5.41, 5.74) is 1.73. The molecule has 0 bridgehead atoms. The molecule has 3 aliphatic heterocycles. The van der Waals surface area contributed by atoms with Crippen molar-refractivity contribution in [1.29, 1.82) is 0 Å². The molecule has 0 fully saturated rings. The molecule has 0 saturated carbocycles. The van der Waals surface area contributed by atoms with Gasteiger partial charge in [0.15, 0.2) is 0 Å². The predicted molar refractivity (Wildman–Crippen MR) is 73.6 cm³/mol. The zero-order valence-corrected chi connectivity index (χ0v) is 11.4. The van der Waals surface area contributed by atoms with Gasteiger partial charge in [0.05, 0.1) is 17.2 Å². The zero-order chi connectivity index (χ0) is 15.1. The predicted octanol–water partition coefficient (Wildman–Crippen LogP) is 2.05. The lowest BCUT2D eigenvalue weighted by Gasteiger charge is -2.09. The third kappa shape index (κ3) is 1.95. The number of aliphatic imine (C=N–C) groups is 1. The number of carbonyl (C=O) groups excluding carboxylic acids is 1. The normalized spacial score (nSPS) is 16.7. The van der Waals surface area contributed by atoms with Crippen molar-refractivity contribution in [2.75, 3.05) is 6.61 Å². The Labute approximate surface area is 119 Å². The van der Waals surface area contributed by atoms with E-state index in [1.807, 2.05) is 0 Å². The molecule has 1 unspecified atom stereocenters. The smallest absolute Gasteiger partial charge is 0.356 e. The van der Waals surface area contributed by atoms with Crippen LogP contribution in [-0.2, 0) is 4.74 Å². The van der Waals surface area contributed by atoms with Gasteiger partial charge in [0.2, 0.25) is 0 Å². The van der Waals surface area contributed by atoms with Crippen LogP contribution in [-0.4, -0.2) is 32.8 Å². The maximum Gasteiger partial charge on any atom is 0.356 e. The number of fused-ring (bicyclic) bond motifs is 3. The summed E-state index contributed by atoms with van der Waals surface area (Å²) >= 11 is 0. The summed E-state index contributed by atoms with van der Waals surface area (Å²) < 4.78 is 6.37. The highest BCUT2D eigenvalue weighted by molar-refractivity contribution is 5.96. The number of carbonyl (C=O) groups is 1. The van der Waals surface area contributed by atoms with E-state index in [0.29, 0.717) is 22.8 Å². The summed E-state index contributed by atoms with van der Waals surface area (Å²) in [6.07, 6.45) is 0.554. The summed E-state index contributed by atoms with van der Waals surface area (Å²) in [6, 6.07) is 3.18. The average molecular weight is 288 g/mol. The van der Waals surface area contributed by atoms with Gasteiger partial charge in [0, 0.05) is 11.8 Å². The Hall–Kier alpha value is -2.77. The molecule has 0 spiro atoms. The van der Waals surface area contributed by atoms with E-state index in [1.165, 1.54) is 4.57 Å². The maximum atomic E-state index is 11.7. The van der Waals surface area contributed by atoms with Crippen LogP contribution in [0.5, 0.6) is 0 Å². The topological polar surface area (TPSA) is 99.6 Å². The van der Waals surface area contributed by atoms with Crippen molar-refractivity contribution >= 4 is 17.5 Å². The molecule has 0 saturated heterocycles. The first-order valence-corrected chi connectivity index (χ1v) is 6.40. The van der Waals surface area contributed by atoms with Gasteiger partial charge in [0.25, 0.3) is 0 Å². The Morgan fingerprint density at radius 2 is 2.33 bits per heavy atom. The molecule has 0 N–H and O–H groups in total. The molecule has 1 atom stereocenters. The van der Waals surface area contributed by atoms with Gasteiger partial charge in [-0.25, -0.2) is 14.8 Å². The van der Waals surface area contributed by atoms with Crippen molar-refractivity contribution in [2.45, 2.75) is 20.0 Å². The minimum absolute atomic E-state index is 0.179. The second-order valence-corrected chi connectivity index (χ2v) is 4.62. The summed E-state index contributed by atoms with van der Waals surface area (Å²) in [7, 11) is 0. The Kier molecular flexibility index (Phi) is 2.93. The van der Waals surface area contributed by atoms with Crippen LogP contribution in [0.3, 0.4) is 0 Å². The van der Waals surface area contributed by atoms with E-state index in [4.69, 9.17) is 4.74 Å². The number of hydrogen-bond acceptors (Lipinski definition) is 6. The monoisotopic (exact) mass is 288 g/mol. The number of aromatic nitrogens is 2. The molecule has 0 aromatic carbocycles. The van der Waals surface area contributed by atoms with Crippen LogP contribution in [0.25, 0.3) is 11.3 Å². The minimum atomic E-state index is -1.01. The summed E-state index contributed by atoms with van der Waals surface area (Å²) in [5.74, 6) is -0.0771. The third-order valence-corrected chi connectivity index (χ3v) is 3.28.